The van der Waals surface area contributed by atoms with Crippen LogP contribution >= 0.6 is 11.3 Å². The van der Waals surface area contributed by atoms with Crippen LogP contribution in [0, 0.1) is 5.92 Å². The molecule has 0 aliphatic rings. The lowest BCUT2D eigenvalue weighted by Gasteiger charge is -2.14. The summed E-state index contributed by atoms with van der Waals surface area (Å²) in [6.07, 6.45) is 9.00. The number of unbranched alkanes of at least 4 members (excludes halogenated alkanes) is 1. The standard InChI is InChI=1S/C33H37N3O2S/c1-3-5-11-24(4-2)22-38-19-10-18-35-33(37)30-21-34-23-36(30)26-13-8-12-25(20-26)27-15-9-16-29-28-14-6-7-17-31(28)39-32(27)29/h6-9,12-17,20-21,23-24H,3-5,10-11,18-19,22H2,1-2H3,(H,35,37)/t24-/m0/s1. The van der Waals surface area contributed by atoms with Crippen molar-refractivity contribution in [2.75, 3.05) is 19.8 Å². The third-order valence-electron chi connectivity index (χ3n) is 7.36. The van der Waals surface area contributed by atoms with E-state index in [-0.39, 0.29) is 5.91 Å². The number of thiophene rings is 1. The quantitative estimate of drug-likeness (QED) is 0.153. The van der Waals surface area contributed by atoms with E-state index in [4.69, 9.17) is 4.74 Å². The van der Waals surface area contributed by atoms with Crippen molar-refractivity contribution >= 4 is 37.4 Å². The molecular weight excluding hydrogens is 502 g/mol. The third-order valence-corrected chi connectivity index (χ3v) is 8.58. The Morgan fingerprint density at radius 2 is 1.87 bits per heavy atom. The van der Waals surface area contributed by atoms with Crippen LogP contribution in [0.4, 0.5) is 0 Å². The normalized spacial score (nSPS) is 12.3. The number of nitrogens with one attached hydrogen (secondary N) is 1. The number of hydrogen-bond acceptors (Lipinski definition) is 4. The van der Waals surface area contributed by atoms with Crippen LogP contribution in [0.1, 0.15) is 56.4 Å². The minimum Gasteiger partial charge on any atom is -0.381 e. The van der Waals surface area contributed by atoms with Crippen LogP contribution in [0.3, 0.4) is 0 Å². The molecule has 5 aromatic rings. The molecule has 0 spiro atoms. The van der Waals surface area contributed by atoms with Gasteiger partial charge in [0, 0.05) is 45.6 Å². The molecule has 1 amide bonds. The van der Waals surface area contributed by atoms with Gasteiger partial charge in [0.1, 0.15) is 5.69 Å². The van der Waals surface area contributed by atoms with E-state index < -0.39 is 0 Å². The molecule has 3 aromatic carbocycles. The minimum absolute atomic E-state index is 0.126. The van der Waals surface area contributed by atoms with Crippen molar-refractivity contribution in [3.8, 4) is 16.8 Å². The number of amides is 1. The smallest absolute Gasteiger partial charge is 0.269 e. The first-order valence-electron chi connectivity index (χ1n) is 14.1. The Morgan fingerprint density at radius 1 is 1.03 bits per heavy atom. The van der Waals surface area contributed by atoms with Crippen LogP contribution in [0.25, 0.3) is 37.0 Å². The Bertz CT molecular complexity index is 1540. The molecule has 0 bridgehead atoms. The fourth-order valence-electron chi connectivity index (χ4n) is 5.08. The summed E-state index contributed by atoms with van der Waals surface area (Å²) in [5.41, 5.74) is 3.75. The lowest BCUT2D eigenvalue weighted by Crippen LogP contribution is -2.27. The summed E-state index contributed by atoms with van der Waals surface area (Å²) < 4.78 is 10.3. The Labute approximate surface area is 234 Å². The van der Waals surface area contributed by atoms with Crippen molar-refractivity contribution in [1.82, 2.24) is 14.9 Å². The molecule has 0 aliphatic carbocycles. The number of carbonyl (C=O) groups is 1. The summed E-state index contributed by atoms with van der Waals surface area (Å²) in [5.74, 6) is 0.509. The van der Waals surface area contributed by atoms with Gasteiger partial charge in [-0.1, -0.05) is 81.6 Å². The molecule has 0 saturated heterocycles. The molecule has 2 heterocycles. The minimum atomic E-state index is -0.126. The molecule has 0 radical (unpaired) electrons. The van der Waals surface area contributed by atoms with Crippen LogP contribution < -0.4 is 5.32 Å². The summed E-state index contributed by atoms with van der Waals surface area (Å²) in [5, 5.41) is 5.60. The van der Waals surface area contributed by atoms with E-state index in [1.807, 2.05) is 28.0 Å². The summed E-state index contributed by atoms with van der Waals surface area (Å²) in [7, 11) is 0. The van der Waals surface area contributed by atoms with Gasteiger partial charge in [0.25, 0.3) is 5.91 Å². The fourth-order valence-corrected chi connectivity index (χ4v) is 6.32. The summed E-state index contributed by atoms with van der Waals surface area (Å²) in [4.78, 5) is 17.3. The van der Waals surface area contributed by atoms with Gasteiger partial charge >= 0.3 is 0 Å². The number of nitrogens with zero attached hydrogens (tertiary/aromatic N) is 2. The Kier molecular flexibility index (Phi) is 9.07. The maximum Gasteiger partial charge on any atom is 0.269 e. The van der Waals surface area contributed by atoms with Gasteiger partial charge in [-0.25, -0.2) is 4.98 Å². The molecule has 1 N–H and O–H groups in total. The number of fused-ring (bicyclic) bond motifs is 3. The molecule has 202 valence electrons. The highest BCUT2D eigenvalue weighted by molar-refractivity contribution is 7.26. The SMILES string of the molecule is CCCC[C@H](CC)COCCCNC(=O)c1cncn1-c1cccc(-c2cccc3c2sc2ccccc23)c1. The molecule has 0 unspecified atom stereocenters. The highest BCUT2D eigenvalue weighted by atomic mass is 32.1. The lowest BCUT2D eigenvalue weighted by molar-refractivity contribution is 0.0872. The number of hydrogen-bond donors (Lipinski definition) is 1. The van der Waals surface area contributed by atoms with Gasteiger partial charge in [0.15, 0.2) is 0 Å². The molecule has 39 heavy (non-hydrogen) atoms. The van der Waals surface area contributed by atoms with Crippen LogP contribution in [-0.2, 0) is 4.74 Å². The van der Waals surface area contributed by atoms with Gasteiger partial charge in [-0.05, 0) is 48.1 Å². The number of ether oxygens (including phenoxy) is 1. The first-order chi connectivity index (χ1) is 19.2. The molecule has 0 aliphatic heterocycles. The zero-order chi connectivity index (χ0) is 27.0. The summed E-state index contributed by atoms with van der Waals surface area (Å²) in [6, 6.07) is 23.4. The van der Waals surface area contributed by atoms with E-state index in [2.05, 4.69) is 78.7 Å². The van der Waals surface area contributed by atoms with Crippen LogP contribution in [-0.4, -0.2) is 35.2 Å². The molecule has 1 atom stereocenters. The summed E-state index contributed by atoms with van der Waals surface area (Å²) in [6.45, 7) is 6.50. The number of imidazole rings is 1. The first-order valence-corrected chi connectivity index (χ1v) is 14.9. The third kappa shape index (κ3) is 6.23. The number of rotatable bonds is 13. The molecular formula is C33H37N3O2S. The van der Waals surface area contributed by atoms with Crippen molar-refractivity contribution < 1.29 is 9.53 Å². The monoisotopic (exact) mass is 539 g/mol. The molecule has 5 nitrogen and oxygen atoms in total. The molecule has 6 heteroatoms. The largest absolute Gasteiger partial charge is 0.381 e. The molecule has 0 fully saturated rings. The zero-order valence-corrected chi connectivity index (χ0v) is 23.7. The summed E-state index contributed by atoms with van der Waals surface area (Å²) >= 11 is 1.82. The second-order valence-electron chi connectivity index (χ2n) is 10.1. The van der Waals surface area contributed by atoms with E-state index in [1.54, 1.807) is 12.5 Å². The van der Waals surface area contributed by atoms with Crippen LogP contribution in [0.5, 0.6) is 0 Å². The first kappa shape index (κ1) is 27.1. The Morgan fingerprint density at radius 3 is 2.74 bits per heavy atom. The zero-order valence-electron chi connectivity index (χ0n) is 22.9. The van der Waals surface area contributed by atoms with E-state index in [0.717, 1.165) is 30.7 Å². The van der Waals surface area contributed by atoms with Crippen molar-refractivity contribution in [1.29, 1.82) is 0 Å². The molecule has 2 aromatic heterocycles. The van der Waals surface area contributed by atoms with Gasteiger partial charge in [-0.3, -0.25) is 9.36 Å². The Hall–Kier alpha value is -3.48. The second kappa shape index (κ2) is 13.0. The van der Waals surface area contributed by atoms with Crippen molar-refractivity contribution in [3.63, 3.8) is 0 Å². The van der Waals surface area contributed by atoms with Crippen molar-refractivity contribution in [2.45, 2.75) is 46.0 Å². The molecule has 5 rings (SSSR count). The van der Waals surface area contributed by atoms with E-state index in [9.17, 15) is 4.79 Å². The predicted octanol–water partition coefficient (Wildman–Crippen LogP) is 8.26. The second-order valence-corrected chi connectivity index (χ2v) is 11.1. The number of aromatic nitrogens is 2. The van der Waals surface area contributed by atoms with Gasteiger partial charge < -0.3 is 10.1 Å². The highest BCUT2D eigenvalue weighted by Crippen LogP contribution is 2.40. The van der Waals surface area contributed by atoms with E-state index in [0.29, 0.717) is 24.8 Å². The maximum absolute atomic E-state index is 13.0. The number of carbonyl (C=O) groups excluding carboxylic acids is 1. The van der Waals surface area contributed by atoms with Gasteiger partial charge in [0.05, 0.1) is 12.5 Å². The average Bonchev–Trinajstić information content (AvgIpc) is 3.62. The Balaban J connectivity index is 1.25. The van der Waals surface area contributed by atoms with Gasteiger partial charge in [-0.15, -0.1) is 11.3 Å². The van der Waals surface area contributed by atoms with Crippen LogP contribution in [0.2, 0.25) is 0 Å². The topological polar surface area (TPSA) is 56.1 Å². The van der Waals surface area contributed by atoms with Crippen molar-refractivity contribution in [3.05, 3.63) is 84.9 Å². The van der Waals surface area contributed by atoms with Crippen molar-refractivity contribution in [2.24, 2.45) is 5.92 Å². The lowest BCUT2D eigenvalue weighted by atomic mass is 10.0. The van der Waals surface area contributed by atoms with Crippen LogP contribution in [0.15, 0.2) is 79.3 Å². The fraction of sp³-hybridized carbons (Fsp3) is 0.333. The highest BCUT2D eigenvalue weighted by Gasteiger charge is 2.15. The average molecular weight is 540 g/mol. The predicted molar refractivity (Wildman–Crippen MR) is 163 cm³/mol. The van der Waals surface area contributed by atoms with E-state index in [1.165, 1.54) is 45.0 Å². The maximum atomic E-state index is 13.0. The van der Waals surface area contributed by atoms with Gasteiger partial charge in [0.2, 0.25) is 0 Å². The molecule has 0 saturated carbocycles. The van der Waals surface area contributed by atoms with E-state index >= 15 is 0 Å². The number of benzene rings is 3. The van der Waals surface area contributed by atoms with Gasteiger partial charge in [-0.2, -0.15) is 0 Å².